The molecule has 1 fully saturated rings. The molecule has 150 valence electrons. The van der Waals surface area contributed by atoms with Crippen LogP contribution in [0.3, 0.4) is 0 Å². The maximum absolute atomic E-state index is 13.4. The van der Waals surface area contributed by atoms with Gasteiger partial charge in [0.2, 0.25) is 5.91 Å². The lowest BCUT2D eigenvalue weighted by Gasteiger charge is -2.19. The molecule has 1 N–H and O–H groups in total. The van der Waals surface area contributed by atoms with Crippen LogP contribution in [-0.4, -0.2) is 30.5 Å². The average Bonchev–Trinajstić information content (AvgIpc) is 3.39. The Balaban J connectivity index is 1.26. The third-order valence-corrected chi connectivity index (χ3v) is 6.00. The predicted octanol–water partition coefficient (Wildman–Crippen LogP) is 4.27. The summed E-state index contributed by atoms with van der Waals surface area (Å²) in [5.41, 5.74) is 2.49. The van der Waals surface area contributed by atoms with Crippen molar-refractivity contribution < 1.29 is 13.6 Å². The normalized spacial score (nSPS) is 16.2. The van der Waals surface area contributed by atoms with Crippen LogP contribution in [0.15, 0.2) is 53.9 Å². The second-order valence-electron chi connectivity index (χ2n) is 7.19. The molecule has 1 aromatic heterocycles. The molecule has 0 aliphatic carbocycles. The number of carbonyl (C=O) groups is 1. The molecule has 3 aromatic rings. The SMILES string of the molecule is O=C(Cc1csc(-c2ccccc2)n1)NCC1CCN(c2ccc(F)c(F)c2)C1. The molecule has 0 saturated carbocycles. The van der Waals surface area contributed by atoms with Gasteiger partial charge in [-0.25, -0.2) is 13.8 Å². The third-order valence-electron chi connectivity index (χ3n) is 5.06. The first-order valence-electron chi connectivity index (χ1n) is 9.55. The minimum atomic E-state index is -0.839. The van der Waals surface area contributed by atoms with Gasteiger partial charge in [0, 0.05) is 42.3 Å². The summed E-state index contributed by atoms with van der Waals surface area (Å²) in [5.74, 6) is -1.45. The van der Waals surface area contributed by atoms with Crippen LogP contribution < -0.4 is 10.2 Å². The third kappa shape index (κ3) is 4.79. The van der Waals surface area contributed by atoms with Crippen molar-refractivity contribution in [3.05, 3.63) is 71.2 Å². The van der Waals surface area contributed by atoms with E-state index in [-0.39, 0.29) is 18.2 Å². The lowest BCUT2D eigenvalue weighted by molar-refractivity contribution is -0.120. The Morgan fingerprint density at radius 2 is 2.00 bits per heavy atom. The number of benzene rings is 2. The Kier molecular flexibility index (Phi) is 5.85. The quantitative estimate of drug-likeness (QED) is 0.656. The van der Waals surface area contributed by atoms with E-state index < -0.39 is 11.6 Å². The molecule has 1 atom stereocenters. The number of anilines is 1. The molecule has 1 saturated heterocycles. The van der Waals surface area contributed by atoms with E-state index in [0.29, 0.717) is 18.8 Å². The summed E-state index contributed by atoms with van der Waals surface area (Å²) in [6.07, 6.45) is 1.15. The lowest BCUT2D eigenvalue weighted by Crippen LogP contribution is -2.32. The van der Waals surface area contributed by atoms with Gasteiger partial charge in [0.05, 0.1) is 12.1 Å². The van der Waals surface area contributed by atoms with Crippen molar-refractivity contribution in [3.8, 4) is 10.6 Å². The highest BCUT2D eigenvalue weighted by Gasteiger charge is 2.24. The molecule has 2 heterocycles. The first-order valence-corrected chi connectivity index (χ1v) is 10.4. The van der Waals surface area contributed by atoms with Crippen molar-refractivity contribution in [2.75, 3.05) is 24.5 Å². The standard InChI is InChI=1S/C22H21F2N3OS/c23-19-7-6-18(11-20(19)24)27-9-8-15(13-27)12-25-21(28)10-17-14-29-22(26-17)16-4-2-1-3-5-16/h1-7,11,14-15H,8-10,12-13H2,(H,25,28). The van der Waals surface area contributed by atoms with E-state index in [0.717, 1.165) is 35.3 Å². The van der Waals surface area contributed by atoms with E-state index in [4.69, 9.17) is 0 Å². The van der Waals surface area contributed by atoms with Crippen LogP contribution in [0.5, 0.6) is 0 Å². The van der Waals surface area contributed by atoms with Gasteiger partial charge in [-0.3, -0.25) is 4.79 Å². The summed E-state index contributed by atoms with van der Waals surface area (Å²) in [4.78, 5) is 18.9. The van der Waals surface area contributed by atoms with Crippen LogP contribution in [0, 0.1) is 17.6 Å². The first kappa shape index (κ1) is 19.5. The van der Waals surface area contributed by atoms with Crippen molar-refractivity contribution in [1.82, 2.24) is 10.3 Å². The van der Waals surface area contributed by atoms with Gasteiger partial charge in [0.15, 0.2) is 11.6 Å². The number of hydrogen-bond acceptors (Lipinski definition) is 4. The molecular formula is C22H21F2N3OS. The van der Waals surface area contributed by atoms with Gasteiger partial charge >= 0.3 is 0 Å². The molecule has 1 aliphatic rings. The molecule has 1 unspecified atom stereocenters. The molecule has 4 rings (SSSR count). The molecule has 0 spiro atoms. The number of hydrogen-bond donors (Lipinski definition) is 1. The molecule has 2 aromatic carbocycles. The Morgan fingerprint density at radius 3 is 2.79 bits per heavy atom. The monoisotopic (exact) mass is 413 g/mol. The van der Waals surface area contributed by atoms with Gasteiger partial charge in [-0.15, -0.1) is 11.3 Å². The predicted molar refractivity (Wildman–Crippen MR) is 111 cm³/mol. The zero-order chi connectivity index (χ0) is 20.2. The summed E-state index contributed by atoms with van der Waals surface area (Å²) >= 11 is 1.53. The van der Waals surface area contributed by atoms with Gasteiger partial charge in [0.25, 0.3) is 0 Å². The van der Waals surface area contributed by atoms with E-state index >= 15 is 0 Å². The first-order chi connectivity index (χ1) is 14.1. The molecule has 1 amide bonds. The molecule has 1 aliphatic heterocycles. The fraction of sp³-hybridized carbons (Fsp3) is 0.273. The van der Waals surface area contributed by atoms with Crippen LogP contribution in [0.25, 0.3) is 10.6 Å². The Labute approximate surface area is 172 Å². The number of carbonyl (C=O) groups excluding carboxylic acids is 1. The lowest BCUT2D eigenvalue weighted by atomic mass is 10.1. The van der Waals surface area contributed by atoms with E-state index in [1.807, 2.05) is 40.6 Å². The summed E-state index contributed by atoms with van der Waals surface area (Å²) in [6, 6.07) is 13.9. The zero-order valence-corrected chi connectivity index (χ0v) is 16.6. The highest BCUT2D eigenvalue weighted by molar-refractivity contribution is 7.13. The van der Waals surface area contributed by atoms with Crippen molar-refractivity contribution >= 4 is 22.9 Å². The second-order valence-corrected chi connectivity index (χ2v) is 8.05. The Bertz CT molecular complexity index is 993. The van der Waals surface area contributed by atoms with Crippen LogP contribution in [0.1, 0.15) is 12.1 Å². The average molecular weight is 413 g/mol. The van der Waals surface area contributed by atoms with Gasteiger partial charge in [0.1, 0.15) is 5.01 Å². The fourth-order valence-electron chi connectivity index (χ4n) is 3.50. The Hall–Kier alpha value is -2.80. The van der Waals surface area contributed by atoms with Gasteiger partial charge in [-0.05, 0) is 24.5 Å². The zero-order valence-electron chi connectivity index (χ0n) is 15.8. The number of rotatable bonds is 6. The smallest absolute Gasteiger partial charge is 0.226 e. The molecule has 0 bridgehead atoms. The van der Waals surface area contributed by atoms with Crippen LogP contribution >= 0.6 is 11.3 Å². The maximum Gasteiger partial charge on any atom is 0.226 e. The van der Waals surface area contributed by atoms with E-state index in [1.165, 1.54) is 17.4 Å². The number of nitrogens with one attached hydrogen (secondary N) is 1. The molecule has 0 radical (unpaired) electrons. The van der Waals surface area contributed by atoms with Crippen LogP contribution in [-0.2, 0) is 11.2 Å². The molecular weight excluding hydrogens is 392 g/mol. The Morgan fingerprint density at radius 1 is 1.17 bits per heavy atom. The highest BCUT2D eigenvalue weighted by atomic mass is 32.1. The van der Waals surface area contributed by atoms with E-state index in [1.54, 1.807) is 6.07 Å². The molecule has 7 heteroatoms. The van der Waals surface area contributed by atoms with E-state index in [2.05, 4.69) is 10.3 Å². The topological polar surface area (TPSA) is 45.2 Å². The second kappa shape index (κ2) is 8.69. The van der Waals surface area contributed by atoms with Gasteiger partial charge < -0.3 is 10.2 Å². The summed E-state index contributed by atoms with van der Waals surface area (Å²) in [6.45, 7) is 2.03. The van der Waals surface area contributed by atoms with Crippen LogP contribution in [0.2, 0.25) is 0 Å². The van der Waals surface area contributed by atoms with Gasteiger partial charge in [-0.2, -0.15) is 0 Å². The van der Waals surface area contributed by atoms with Crippen molar-refractivity contribution in [1.29, 1.82) is 0 Å². The minimum absolute atomic E-state index is 0.0545. The van der Waals surface area contributed by atoms with Crippen molar-refractivity contribution in [3.63, 3.8) is 0 Å². The summed E-state index contributed by atoms with van der Waals surface area (Å²) in [7, 11) is 0. The number of halogens is 2. The maximum atomic E-state index is 13.4. The summed E-state index contributed by atoms with van der Waals surface area (Å²) in [5, 5.41) is 5.81. The number of amides is 1. The molecule has 4 nitrogen and oxygen atoms in total. The van der Waals surface area contributed by atoms with Crippen LogP contribution in [0.4, 0.5) is 14.5 Å². The largest absolute Gasteiger partial charge is 0.371 e. The fourth-order valence-corrected chi connectivity index (χ4v) is 4.33. The van der Waals surface area contributed by atoms with Crippen molar-refractivity contribution in [2.24, 2.45) is 5.92 Å². The van der Waals surface area contributed by atoms with Gasteiger partial charge in [-0.1, -0.05) is 30.3 Å². The van der Waals surface area contributed by atoms with E-state index in [9.17, 15) is 13.6 Å². The number of thiazole rings is 1. The minimum Gasteiger partial charge on any atom is -0.371 e. The number of nitrogens with zero attached hydrogens (tertiary/aromatic N) is 2. The summed E-state index contributed by atoms with van der Waals surface area (Å²) < 4.78 is 26.5. The van der Waals surface area contributed by atoms with Crippen molar-refractivity contribution in [2.45, 2.75) is 12.8 Å². The molecule has 29 heavy (non-hydrogen) atoms. The highest BCUT2D eigenvalue weighted by Crippen LogP contribution is 2.25. The number of aromatic nitrogens is 1.